The second-order valence-electron chi connectivity index (χ2n) is 7.99. The zero-order valence-corrected chi connectivity index (χ0v) is 17.7. The average molecular weight is 425 g/mol. The van der Waals surface area contributed by atoms with E-state index in [9.17, 15) is 9.90 Å². The van der Waals surface area contributed by atoms with Crippen LogP contribution in [-0.4, -0.2) is 51.7 Å². The number of carbonyl (C=O) groups is 1. The summed E-state index contributed by atoms with van der Waals surface area (Å²) in [7, 11) is 0. The fourth-order valence-corrected chi connectivity index (χ4v) is 4.22. The number of anilines is 2. The zero-order valence-electron chi connectivity index (χ0n) is 17.7. The molecule has 7 heteroatoms. The summed E-state index contributed by atoms with van der Waals surface area (Å²) in [6, 6.07) is 19.5. The molecule has 0 saturated carbocycles. The average Bonchev–Trinajstić information content (AvgIpc) is 2.84. The third-order valence-electron chi connectivity index (χ3n) is 5.86. The van der Waals surface area contributed by atoms with Gasteiger partial charge in [0.25, 0.3) is 0 Å². The van der Waals surface area contributed by atoms with Gasteiger partial charge in [0.2, 0.25) is 0 Å². The molecule has 32 heavy (non-hydrogen) atoms. The highest BCUT2D eigenvalue weighted by atomic mass is 16.4. The number of benzene rings is 2. The highest BCUT2D eigenvalue weighted by molar-refractivity contribution is 5.92. The number of hydrogen-bond acceptors (Lipinski definition) is 6. The van der Waals surface area contributed by atoms with Crippen molar-refractivity contribution in [3.8, 4) is 11.3 Å². The SMILES string of the molecule is CC1CN(c2ccccn2)CCN1c1cccc(-c2cnc3cc(C(=O)O)ccc3n2)c1. The van der Waals surface area contributed by atoms with E-state index in [-0.39, 0.29) is 5.56 Å². The predicted octanol–water partition coefficient (Wildman–Crippen LogP) is 4.11. The molecule has 1 saturated heterocycles. The number of aromatic carboxylic acids is 1. The first kappa shape index (κ1) is 19.9. The molecule has 0 radical (unpaired) electrons. The number of rotatable bonds is 4. The number of hydrogen-bond donors (Lipinski definition) is 1. The van der Waals surface area contributed by atoms with Crippen molar-refractivity contribution < 1.29 is 9.90 Å². The number of aromatic nitrogens is 3. The van der Waals surface area contributed by atoms with Crippen molar-refractivity contribution in [1.29, 1.82) is 0 Å². The van der Waals surface area contributed by atoms with Gasteiger partial charge in [0.1, 0.15) is 5.82 Å². The van der Waals surface area contributed by atoms with Crippen LogP contribution in [0.15, 0.2) is 73.1 Å². The summed E-state index contributed by atoms with van der Waals surface area (Å²) in [6.07, 6.45) is 3.54. The lowest BCUT2D eigenvalue weighted by molar-refractivity contribution is 0.0697. The quantitative estimate of drug-likeness (QED) is 0.527. The number of pyridine rings is 1. The van der Waals surface area contributed by atoms with E-state index in [1.165, 1.54) is 0 Å². The van der Waals surface area contributed by atoms with Gasteiger partial charge in [-0.05, 0) is 49.4 Å². The molecule has 1 aliphatic heterocycles. The monoisotopic (exact) mass is 425 g/mol. The largest absolute Gasteiger partial charge is 0.478 e. The van der Waals surface area contributed by atoms with Crippen molar-refractivity contribution in [2.24, 2.45) is 0 Å². The number of carboxylic acids is 1. The first-order valence-electron chi connectivity index (χ1n) is 10.6. The Morgan fingerprint density at radius 3 is 2.69 bits per heavy atom. The molecular weight excluding hydrogens is 402 g/mol. The maximum absolute atomic E-state index is 11.2. The van der Waals surface area contributed by atoms with Gasteiger partial charge >= 0.3 is 5.97 Å². The van der Waals surface area contributed by atoms with Crippen molar-refractivity contribution in [3.63, 3.8) is 0 Å². The van der Waals surface area contributed by atoms with Gasteiger partial charge in [-0.3, -0.25) is 4.98 Å². The molecule has 0 spiro atoms. The zero-order chi connectivity index (χ0) is 22.1. The molecule has 0 bridgehead atoms. The van der Waals surface area contributed by atoms with Crippen molar-refractivity contribution in [2.45, 2.75) is 13.0 Å². The molecule has 2 aromatic carbocycles. The smallest absolute Gasteiger partial charge is 0.335 e. The molecule has 7 nitrogen and oxygen atoms in total. The molecule has 1 atom stereocenters. The Bertz CT molecular complexity index is 1280. The van der Waals surface area contributed by atoms with Crippen molar-refractivity contribution in [1.82, 2.24) is 15.0 Å². The van der Waals surface area contributed by atoms with E-state index < -0.39 is 5.97 Å². The van der Waals surface area contributed by atoms with Crippen molar-refractivity contribution in [3.05, 3.63) is 78.6 Å². The first-order valence-corrected chi connectivity index (χ1v) is 10.6. The summed E-state index contributed by atoms with van der Waals surface area (Å²) >= 11 is 0. The fraction of sp³-hybridized carbons (Fsp3) is 0.200. The second-order valence-corrected chi connectivity index (χ2v) is 7.99. The lowest BCUT2D eigenvalue weighted by Crippen LogP contribution is -2.52. The number of piperazine rings is 1. The fourth-order valence-electron chi connectivity index (χ4n) is 4.22. The van der Waals surface area contributed by atoms with E-state index in [1.807, 2.05) is 30.5 Å². The van der Waals surface area contributed by atoms with Gasteiger partial charge in [0.05, 0.1) is 28.5 Å². The standard InChI is InChI=1S/C25H23N5O2/c1-17-16-29(24-7-2-3-10-26-24)11-12-30(17)20-6-4-5-18(13-20)23-15-27-22-14-19(25(31)32)8-9-21(22)28-23/h2-10,13-15,17H,11-12,16H2,1H3,(H,31,32). The molecular formula is C25H23N5O2. The van der Waals surface area contributed by atoms with Crippen molar-refractivity contribution >= 4 is 28.5 Å². The summed E-state index contributed by atoms with van der Waals surface area (Å²) in [5, 5.41) is 9.17. The van der Waals surface area contributed by atoms with Crippen LogP contribution in [0.3, 0.4) is 0 Å². The Hall–Kier alpha value is -4.00. The van der Waals surface area contributed by atoms with E-state index in [4.69, 9.17) is 4.98 Å². The van der Waals surface area contributed by atoms with Gasteiger partial charge in [0.15, 0.2) is 0 Å². The highest BCUT2D eigenvalue weighted by Gasteiger charge is 2.25. The van der Waals surface area contributed by atoms with Crippen LogP contribution >= 0.6 is 0 Å². The molecule has 0 amide bonds. The summed E-state index contributed by atoms with van der Waals surface area (Å²) in [5.41, 5.74) is 4.36. The predicted molar refractivity (Wildman–Crippen MR) is 125 cm³/mol. The molecule has 160 valence electrons. The minimum absolute atomic E-state index is 0.209. The van der Waals surface area contributed by atoms with Gasteiger partial charge < -0.3 is 14.9 Å². The summed E-state index contributed by atoms with van der Waals surface area (Å²) < 4.78 is 0. The van der Waals surface area contributed by atoms with Crippen LogP contribution in [0.2, 0.25) is 0 Å². The maximum atomic E-state index is 11.2. The molecule has 1 unspecified atom stereocenters. The lowest BCUT2D eigenvalue weighted by atomic mass is 10.1. The van der Waals surface area contributed by atoms with Crippen LogP contribution in [-0.2, 0) is 0 Å². The third-order valence-corrected chi connectivity index (χ3v) is 5.86. The van der Waals surface area contributed by atoms with E-state index in [2.05, 4.69) is 44.9 Å². The van der Waals surface area contributed by atoms with Crippen LogP contribution in [0.1, 0.15) is 17.3 Å². The Kier molecular flexibility index (Phi) is 5.15. The Morgan fingerprint density at radius 2 is 1.91 bits per heavy atom. The number of carboxylic acid groups (broad SMARTS) is 1. The Labute approximate surface area is 186 Å². The molecule has 2 aromatic heterocycles. The van der Waals surface area contributed by atoms with Crippen molar-refractivity contribution in [2.75, 3.05) is 29.4 Å². The second kappa shape index (κ2) is 8.26. The molecule has 5 rings (SSSR count). The first-order chi connectivity index (χ1) is 15.6. The molecule has 3 heterocycles. The third kappa shape index (κ3) is 3.85. The summed E-state index contributed by atoms with van der Waals surface area (Å²) in [6.45, 7) is 4.95. The van der Waals surface area contributed by atoms with E-state index in [0.29, 0.717) is 17.1 Å². The highest BCUT2D eigenvalue weighted by Crippen LogP contribution is 2.28. The van der Waals surface area contributed by atoms with Gasteiger partial charge in [-0.15, -0.1) is 0 Å². The summed E-state index contributed by atoms with van der Waals surface area (Å²) in [5.74, 6) is 0.0491. The van der Waals surface area contributed by atoms with E-state index in [1.54, 1.807) is 24.4 Å². The Morgan fingerprint density at radius 1 is 1.00 bits per heavy atom. The topological polar surface area (TPSA) is 82.5 Å². The van der Waals surface area contributed by atoms with Gasteiger partial charge in [-0.1, -0.05) is 18.2 Å². The normalized spacial score (nSPS) is 16.3. The number of fused-ring (bicyclic) bond motifs is 1. The maximum Gasteiger partial charge on any atom is 0.335 e. The lowest BCUT2D eigenvalue weighted by Gasteiger charge is -2.42. The van der Waals surface area contributed by atoms with E-state index in [0.717, 1.165) is 42.4 Å². The molecule has 1 aliphatic rings. The Balaban J connectivity index is 1.39. The van der Waals surface area contributed by atoms with Gasteiger partial charge in [0, 0.05) is 43.1 Å². The molecule has 1 fully saturated rings. The van der Waals surface area contributed by atoms with Crippen LogP contribution in [0.25, 0.3) is 22.3 Å². The number of nitrogens with zero attached hydrogens (tertiary/aromatic N) is 5. The van der Waals surface area contributed by atoms with Gasteiger partial charge in [-0.2, -0.15) is 0 Å². The van der Waals surface area contributed by atoms with Crippen LogP contribution < -0.4 is 9.80 Å². The minimum atomic E-state index is -0.970. The minimum Gasteiger partial charge on any atom is -0.478 e. The van der Waals surface area contributed by atoms with Crippen LogP contribution in [0, 0.1) is 0 Å². The van der Waals surface area contributed by atoms with E-state index >= 15 is 0 Å². The molecule has 1 N–H and O–H groups in total. The summed E-state index contributed by atoms with van der Waals surface area (Å²) in [4.78, 5) is 29.6. The van der Waals surface area contributed by atoms with Gasteiger partial charge in [-0.25, -0.2) is 14.8 Å². The molecule has 4 aromatic rings. The van der Waals surface area contributed by atoms with Crippen LogP contribution in [0.5, 0.6) is 0 Å². The van der Waals surface area contributed by atoms with Crippen LogP contribution in [0.4, 0.5) is 11.5 Å². The molecule has 0 aliphatic carbocycles.